The lowest BCUT2D eigenvalue weighted by Gasteiger charge is -2.35. The Kier molecular flexibility index (Phi) is 11.1. The Labute approximate surface area is 220 Å². The minimum absolute atomic E-state index is 0.168. The summed E-state index contributed by atoms with van der Waals surface area (Å²) in [6.07, 6.45) is 2.30. The Bertz CT molecular complexity index is 1080. The number of aliphatic hydroxyl groups excluding tert-OH is 1. The van der Waals surface area contributed by atoms with Crippen LogP contribution in [0.1, 0.15) is 43.9 Å². The standard InChI is InChI=1S/C32H38O5/c1-25(2)31(34)37-29(20-19-26-13-7-4-8-14-26)21-30(33)32(3,36-23-28-17-11-6-12-18-28)24-35-22-27-15-9-5-10-16-27/h4-20,25,29-30,33H,21-24H2,1-3H3/b20-19+/t29-,30+,32+/m1/s1. The molecule has 37 heavy (non-hydrogen) atoms. The van der Waals surface area contributed by atoms with Crippen LogP contribution in [0.15, 0.2) is 97.1 Å². The SMILES string of the molecule is CC(C)C(=O)O[C@H](/C=C/c1ccccc1)C[C@H](O)[C@](C)(COCc1ccccc1)OCc1ccccc1. The Hall–Kier alpha value is -3.25. The van der Waals surface area contributed by atoms with Crippen LogP contribution in [0.25, 0.3) is 6.08 Å². The summed E-state index contributed by atoms with van der Waals surface area (Å²) >= 11 is 0. The first-order chi connectivity index (χ1) is 17.9. The van der Waals surface area contributed by atoms with Crippen LogP contribution in [0.5, 0.6) is 0 Å². The molecule has 3 rings (SSSR count). The fourth-order valence-electron chi connectivity index (χ4n) is 3.71. The predicted octanol–water partition coefficient (Wildman–Crippen LogP) is 6.21. The van der Waals surface area contributed by atoms with Crippen molar-refractivity contribution in [1.82, 2.24) is 0 Å². The van der Waals surface area contributed by atoms with E-state index in [-0.39, 0.29) is 24.9 Å². The van der Waals surface area contributed by atoms with Crippen molar-refractivity contribution in [3.05, 3.63) is 114 Å². The van der Waals surface area contributed by atoms with Crippen LogP contribution in [0.4, 0.5) is 0 Å². The van der Waals surface area contributed by atoms with Crippen molar-refractivity contribution in [3.63, 3.8) is 0 Å². The fourth-order valence-corrected chi connectivity index (χ4v) is 3.71. The third-order valence-corrected chi connectivity index (χ3v) is 6.11. The topological polar surface area (TPSA) is 65.0 Å². The van der Waals surface area contributed by atoms with Gasteiger partial charge in [0.25, 0.3) is 0 Å². The first-order valence-electron chi connectivity index (χ1n) is 12.8. The van der Waals surface area contributed by atoms with Gasteiger partial charge in [0.05, 0.1) is 31.8 Å². The zero-order valence-corrected chi connectivity index (χ0v) is 22.0. The van der Waals surface area contributed by atoms with Crippen LogP contribution in [-0.4, -0.2) is 35.5 Å². The van der Waals surface area contributed by atoms with Gasteiger partial charge in [0, 0.05) is 6.42 Å². The second-order valence-electron chi connectivity index (χ2n) is 9.72. The van der Waals surface area contributed by atoms with E-state index in [1.807, 2.05) is 110 Å². The summed E-state index contributed by atoms with van der Waals surface area (Å²) in [7, 11) is 0. The molecule has 0 amide bonds. The normalized spacial score (nSPS) is 14.8. The van der Waals surface area contributed by atoms with Gasteiger partial charge in [-0.1, -0.05) is 111 Å². The number of benzene rings is 3. The first kappa shape index (κ1) is 28.3. The van der Waals surface area contributed by atoms with Gasteiger partial charge < -0.3 is 19.3 Å². The minimum atomic E-state index is -1.03. The lowest BCUT2D eigenvalue weighted by atomic mass is 9.94. The molecule has 0 aromatic heterocycles. The van der Waals surface area contributed by atoms with Gasteiger partial charge in [-0.3, -0.25) is 4.79 Å². The summed E-state index contributed by atoms with van der Waals surface area (Å²) < 4.78 is 18.1. The molecule has 1 N–H and O–H groups in total. The summed E-state index contributed by atoms with van der Waals surface area (Å²) in [4.78, 5) is 12.4. The highest BCUT2D eigenvalue weighted by molar-refractivity contribution is 5.72. The molecule has 3 aromatic carbocycles. The summed E-state index contributed by atoms with van der Waals surface area (Å²) in [5.41, 5.74) is 1.98. The van der Waals surface area contributed by atoms with Crippen LogP contribution in [0.2, 0.25) is 0 Å². The van der Waals surface area contributed by atoms with Gasteiger partial charge in [-0.15, -0.1) is 0 Å². The van der Waals surface area contributed by atoms with Crippen LogP contribution in [0, 0.1) is 5.92 Å². The van der Waals surface area contributed by atoms with Crippen LogP contribution in [-0.2, 0) is 32.2 Å². The van der Waals surface area contributed by atoms with Crippen molar-refractivity contribution >= 4 is 12.0 Å². The Morgan fingerprint density at radius 1 is 0.865 bits per heavy atom. The number of hydrogen-bond acceptors (Lipinski definition) is 5. The van der Waals surface area contributed by atoms with E-state index in [2.05, 4.69) is 0 Å². The molecule has 0 aliphatic rings. The summed E-state index contributed by atoms with van der Waals surface area (Å²) in [5.74, 6) is -0.596. The third kappa shape index (κ3) is 9.62. The van der Waals surface area contributed by atoms with Crippen molar-refractivity contribution < 1.29 is 24.1 Å². The summed E-state index contributed by atoms with van der Waals surface area (Å²) in [6, 6.07) is 29.5. The molecule has 0 aliphatic carbocycles. The maximum absolute atomic E-state index is 12.4. The van der Waals surface area contributed by atoms with Gasteiger partial charge in [0.2, 0.25) is 0 Å². The zero-order valence-electron chi connectivity index (χ0n) is 22.0. The number of aliphatic hydroxyl groups is 1. The van der Waals surface area contributed by atoms with E-state index in [1.165, 1.54) is 0 Å². The van der Waals surface area contributed by atoms with Gasteiger partial charge >= 0.3 is 5.97 Å². The molecule has 196 valence electrons. The maximum atomic E-state index is 12.4. The molecule has 5 nitrogen and oxygen atoms in total. The average molecular weight is 503 g/mol. The molecule has 0 saturated heterocycles. The molecule has 3 aromatic rings. The largest absolute Gasteiger partial charge is 0.458 e. The van der Waals surface area contributed by atoms with Crippen molar-refractivity contribution in [2.45, 2.75) is 58.2 Å². The molecule has 0 heterocycles. The summed E-state index contributed by atoms with van der Waals surface area (Å²) in [5, 5.41) is 11.4. The minimum Gasteiger partial charge on any atom is -0.458 e. The van der Waals surface area contributed by atoms with Crippen molar-refractivity contribution in [2.75, 3.05) is 6.61 Å². The quantitative estimate of drug-likeness (QED) is 0.266. The van der Waals surface area contributed by atoms with Crippen molar-refractivity contribution in [2.24, 2.45) is 5.92 Å². The van der Waals surface area contributed by atoms with E-state index >= 15 is 0 Å². The first-order valence-corrected chi connectivity index (χ1v) is 12.8. The van der Waals surface area contributed by atoms with E-state index < -0.39 is 17.8 Å². The second kappa shape index (κ2) is 14.5. The number of rotatable bonds is 14. The fraction of sp³-hybridized carbons (Fsp3) is 0.344. The highest BCUT2D eigenvalue weighted by Crippen LogP contribution is 2.25. The van der Waals surface area contributed by atoms with E-state index in [1.54, 1.807) is 13.8 Å². The lowest BCUT2D eigenvalue weighted by Crippen LogP contribution is -2.48. The van der Waals surface area contributed by atoms with Crippen molar-refractivity contribution in [1.29, 1.82) is 0 Å². The van der Waals surface area contributed by atoms with Crippen LogP contribution >= 0.6 is 0 Å². The number of hydrogen-bond donors (Lipinski definition) is 1. The number of esters is 1. The van der Waals surface area contributed by atoms with Crippen molar-refractivity contribution in [3.8, 4) is 0 Å². The van der Waals surface area contributed by atoms with E-state index in [0.717, 1.165) is 16.7 Å². The van der Waals surface area contributed by atoms with E-state index in [4.69, 9.17) is 14.2 Å². The number of carbonyl (C=O) groups excluding carboxylic acids is 1. The van der Waals surface area contributed by atoms with E-state index in [0.29, 0.717) is 13.2 Å². The molecule has 0 radical (unpaired) electrons. The molecule has 0 unspecified atom stereocenters. The maximum Gasteiger partial charge on any atom is 0.308 e. The molecule has 0 bridgehead atoms. The third-order valence-electron chi connectivity index (χ3n) is 6.11. The predicted molar refractivity (Wildman–Crippen MR) is 147 cm³/mol. The Balaban J connectivity index is 1.75. The number of ether oxygens (including phenoxy) is 3. The molecule has 0 saturated carbocycles. The zero-order chi connectivity index (χ0) is 26.5. The molecular formula is C32H38O5. The molecular weight excluding hydrogens is 464 g/mol. The smallest absolute Gasteiger partial charge is 0.308 e. The van der Waals surface area contributed by atoms with Gasteiger partial charge in [0.1, 0.15) is 11.7 Å². The molecule has 0 spiro atoms. The van der Waals surface area contributed by atoms with Gasteiger partial charge in [-0.05, 0) is 29.7 Å². The summed E-state index contributed by atoms with van der Waals surface area (Å²) in [6.45, 7) is 6.32. The van der Waals surface area contributed by atoms with Gasteiger partial charge in [0.15, 0.2) is 0 Å². The Morgan fingerprint density at radius 2 is 1.41 bits per heavy atom. The van der Waals surface area contributed by atoms with E-state index in [9.17, 15) is 9.90 Å². The Morgan fingerprint density at radius 3 is 1.97 bits per heavy atom. The highest BCUT2D eigenvalue weighted by atomic mass is 16.6. The molecule has 0 fully saturated rings. The van der Waals surface area contributed by atoms with Gasteiger partial charge in [-0.25, -0.2) is 0 Å². The van der Waals surface area contributed by atoms with Crippen LogP contribution in [0.3, 0.4) is 0 Å². The second-order valence-corrected chi connectivity index (χ2v) is 9.72. The van der Waals surface area contributed by atoms with Gasteiger partial charge in [-0.2, -0.15) is 0 Å². The molecule has 3 atom stereocenters. The lowest BCUT2D eigenvalue weighted by molar-refractivity contribution is -0.170. The highest BCUT2D eigenvalue weighted by Gasteiger charge is 2.37. The molecule has 5 heteroatoms. The van der Waals surface area contributed by atoms with Crippen LogP contribution < -0.4 is 0 Å². The number of carbonyl (C=O) groups is 1. The molecule has 0 aliphatic heterocycles. The monoisotopic (exact) mass is 502 g/mol. The average Bonchev–Trinajstić information content (AvgIpc) is 2.92.